The summed E-state index contributed by atoms with van der Waals surface area (Å²) in [6.07, 6.45) is 3.60. The minimum absolute atomic E-state index is 0.0498. The molecule has 0 unspecified atom stereocenters. The summed E-state index contributed by atoms with van der Waals surface area (Å²) in [4.78, 5) is 10.4. The molecule has 0 saturated heterocycles. The third-order valence-corrected chi connectivity index (χ3v) is 3.00. The Morgan fingerprint density at radius 3 is 2.50 bits per heavy atom. The summed E-state index contributed by atoms with van der Waals surface area (Å²) >= 11 is 0. The Morgan fingerprint density at radius 2 is 2.07 bits per heavy atom. The Kier molecular flexibility index (Phi) is 3.89. The van der Waals surface area contributed by atoms with E-state index in [9.17, 15) is 9.90 Å². The molecule has 0 amide bonds. The zero-order valence-electron chi connectivity index (χ0n) is 8.53. The Hall–Kier alpha value is -0.610. The average molecular weight is 202 g/mol. The quantitative estimate of drug-likeness (QED) is 0.718. The van der Waals surface area contributed by atoms with Crippen molar-refractivity contribution >= 4 is 5.97 Å². The highest BCUT2D eigenvalue weighted by Gasteiger charge is 2.33. The Morgan fingerprint density at radius 1 is 1.50 bits per heavy atom. The lowest BCUT2D eigenvalue weighted by molar-refractivity contribution is -0.139. The van der Waals surface area contributed by atoms with E-state index in [-0.39, 0.29) is 12.5 Å². The molecule has 4 nitrogen and oxygen atoms in total. The second-order valence-electron chi connectivity index (χ2n) is 4.05. The van der Waals surface area contributed by atoms with Gasteiger partial charge in [0.15, 0.2) is 0 Å². The number of rotatable bonds is 4. The standard InChI is InChI=1S/C10H18O4/c1-14-8-2-5-10(13,6-3-8)7-4-9(11)12/h8,13H,2-7H2,1H3,(H,11,12). The summed E-state index contributed by atoms with van der Waals surface area (Å²) in [5, 5.41) is 18.5. The number of aliphatic hydroxyl groups is 1. The molecular weight excluding hydrogens is 184 g/mol. The molecule has 1 fully saturated rings. The van der Waals surface area contributed by atoms with Gasteiger partial charge in [0.25, 0.3) is 0 Å². The van der Waals surface area contributed by atoms with Gasteiger partial charge in [-0.3, -0.25) is 4.79 Å². The van der Waals surface area contributed by atoms with E-state index in [1.165, 1.54) is 0 Å². The summed E-state index contributed by atoms with van der Waals surface area (Å²) in [6, 6.07) is 0. The van der Waals surface area contributed by atoms with Crippen molar-refractivity contribution in [2.75, 3.05) is 7.11 Å². The van der Waals surface area contributed by atoms with Crippen LogP contribution in [0, 0.1) is 0 Å². The van der Waals surface area contributed by atoms with Gasteiger partial charge in [-0.05, 0) is 32.1 Å². The van der Waals surface area contributed by atoms with Crippen molar-refractivity contribution in [3.63, 3.8) is 0 Å². The molecule has 1 rings (SSSR count). The number of carbonyl (C=O) groups is 1. The number of carboxylic acid groups (broad SMARTS) is 1. The first-order valence-corrected chi connectivity index (χ1v) is 5.03. The van der Waals surface area contributed by atoms with Crippen molar-refractivity contribution in [2.24, 2.45) is 0 Å². The van der Waals surface area contributed by atoms with E-state index in [2.05, 4.69) is 0 Å². The Balaban J connectivity index is 2.33. The highest BCUT2D eigenvalue weighted by atomic mass is 16.5. The average Bonchev–Trinajstić information content (AvgIpc) is 2.16. The number of methoxy groups -OCH3 is 1. The molecule has 4 heteroatoms. The van der Waals surface area contributed by atoms with E-state index in [0.717, 1.165) is 12.8 Å². The fourth-order valence-corrected chi connectivity index (χ4v) is 1.95. The zero-order chi connectivity index (χ0) is 10.6. The monoisotopic (exact) mass is 202 g/mol. The maximum Gasteiger partial charge on any atom is 0.303 e. The third-order valence-electron chi connectivity index (χ3n) is 3.00. The number of ether oxygens (including phenoxy) is 1. The largest absolute Gasteiger partial charge is 0.481 e. The zero-order valence-corrected chi connectivity index (χ0v) is 8.53. The molecule has 0 aromatic rings. The molecule has 1 aliphatic rings. The van der Waals surface area contributed by atoms with Crippen LogP contribution >= 0.6 is 0 Å². The highest BCUT2D eigenvalue weighted by molar-refractivity contribution is 5.66. The van der Waals surface area contributed by atoms with Crippen LogP contribution in [0.2, 0.25) is 0 Å². The molecule has 2 N–H and O–H groups in total. The summed E-state index contributed by atoms with van der Waals surface area (Å²) in [6.45, 7) is 0. The lowest BCUT2D eigenvalue weighted by Gasteiger charge is -2.35. The second-order valence-corrected chi connectivity index (χ2v) is 4.05. The Labute approximate surface area is 83.9 Å². The molecule has 14 heavy (non-hydrogen) atoms. The maximum absolute atomic E-state index is 10.4. The maximum atomic E-state index is 10.4. The molecule has 0 atom stereocenters. The van der Waals surface area contributed by atoms with Crippen molar-refractivity contribution in [1.82, 2.24) is 0 Å². The topological polar surface area (TPSA) is 66.8 Å². The summed E-state index contributed by atoms with van der Waals surface area (Å²) in [7, 11) is 1.67. The van der Waals surface area contributed by atoms with Crippen LogP contribution in [0.3, 0.4) is 0 Å². The van der Waals surface area contributed by atoms with Gasteiger partial charge in [0.2, 0.25) is 0 Å². The van der Waals surface area contributed by atoms with Crippen molar-refractivity contribution in [3.8, 4) is 0 Å². The van der Waals surface area contributed by atoms with Crippen molar-refractivity contribution in [2.45, 2.75) is 50.2 Å². The second kappa shape index (κ2) is 4.75. The SMILES string of the molecule is COC1CCC(O)(CCC(=O)O)CC1. The molecule has 0 aliphatic heterocycles. The van der Waals surface area contributed by atoms with Crippen molar-refractivity contribution in [3.05, 3.63) is 0 Å². The normalized spacial score (nSPS) is 32.9. The number of hydrogen-bond acceptors (Lipinski definition) is 3. The van der Waals surface area contributed by atoms with Crippen LogP contribution in [0.25, 0.3) is 0 Å². The van der Waals surface area contributed by atoms with E-state index in [4.69, 9.17) is 9.84 Å². The minimum Gasteiger partial charge on any atom is -0.481 e. The van der Waals surface area contributed by atoms with Crippen LogP contribution < -0.4 is 0 Å². The highest BCUT2D eigenvalue weighted by Crippen LogP contribution is 2.32. The van der Waals surface area contributed by atoms with Crippen LogP contribution in [-0.4, -0.2) is 35.0 Å². The van der Waals surface area contributed by atoms with Crippen LogP contribution in [-0.2, 0) is 9.53 Å². The van der Waals surface area contributed by atoms with Gasteiger partial charge in [0, 0.05) is 13.5 Å². The van der Waals surface area contributed by atoms with Crippen LogP contribution in [0.1, 0.15) is 38.5 Å². The molecule has 0 bridgehead atoms. The van der Waals surface area contributed by atoms with Crippen LogP contribution in [0.5, 0.6) is 0 Å². The van der Waals surface area contributed by atoms with Gasteiger partial charge in [0.05, 0.1) is 11.7 Å². The number of carboxylic acids is 1. The van der Waals surface area contributed by atoms with Crippen LogP contribution in [0.4, 0.5) is 0 Å². The Bertz CT molecular complexity index is 194. The van der Waals surface area contributed by atoms with E-state index >= 15 is 0 Å². The van der Waals surface area contributed by atoms with E-state index in [0.29, 0.717) is 19.3 Å². The molecule has 0 spiro atoms. The first-order valence-electron chi connectivity index (χ1n) is 5.03. The van der Waals surface area contributed by atoms with Gasteiger partial charge < -0.3 is 14.9 Å². The lowest BCUT2D eigenvalue weighted by atomic mass is 9.80. The first kappa shape index (κ1) is 11.5. The molecule has 1 aliphatic carbocycles. The van der Waals surface area contributed by atoms with E-state index in [1.807, 2.05) is 0 Å². The molecule has 1 saturated carbocycles. The van der Waals surface area contributed by atoms with Gasteiger partial charge in [-0.1, -0.05) is 0 Å². The minimum atomic E-state index is -0.840. The number of aliphatic carboxylic acids is 1. The van der Waals surface area contributed by atoms with Gasteiger partial charge in [0.1, 0.15) is 0 Å². The van der Waals surface area contributed by atoms with Gasteiger partial charge in [-0.15, -0.1) is 0 Å². The van der Waals surface area contributed by atoms with E-state index in [1.54, 1.807) is 7.11 Å². The molecule has 0 radical (unpaired) electrons. The predicted octanol–water partition coefficient (Wildman–Crippen LogP) is 1.17. The summed E-state index contributed by atoms with van der Waals surface area (Å²) in [5.74, 6) is -0.840. The summed E-state index contributed by atoms with van der Waals surface area (Å²) < 4.78 is 5.18. The number of hydrogen-bond donors (Lipinski definition) is 2. The molecule has 0 heterocycles. The fourth-order valence-electron chi connectivity index (χ4n) is 1.95. The molecular formula is C10H18O4. The van der Waals surface area contributed by atoms with Gasteiger partial charge >= 0.3 is 5.97 Å². The third kappa shape index (κ3) is 3.27. The van der Waals surface area contributed by atoms with E-state index < -0.39 is 11.6 Å². The predicted molar refractivity (Wildman–Crippen MR) is 51.1 cm³/mol. The molecule has 0 aromatic heterocycles. The fraction of sp³-hybridized carbons (Fsp3) is 0.900. The van der Waals surface area contributed by atoms with Crippen molar-refractivity contribution < 1.29 is 19.7 Å². The van der Waals surface area contributed by atoms with Crippen LogP contribution in [0.15, 0.2) is 0 Å². The lowest BCUT2D eigenvalue weighted by Crippen LogP contribution is -2.36. The first-order chi connectivity index (χ1) is 6.56. The summed E-state index contributed by atoms with van der Waals surface area (Å²) in [5.41, 5.74) is -0.770. The van der Waals surface area contributed by atoms with Crippen molar-refractivity contribution in [1.29, 1.82) is 0 Å². The molecule has 82 valence electrons. The van der Waals surface area contributed by atoms with Gasteiger partial charge in [-0.2, -0.15) is 0 Å². The smallest absolute Gasteiger partial charge is 0.303 e. The van der Waals surface area contributed by atoms with Gasteiger partial charge in [-0.25, -0.2) is 0 Å². The molecule has 0 aromatic carbocycles.